The Morgan fingerprint density at radius 1 is 1.16 bits per heavy atom. The van der Waals surface area contributed by atoms with Crippen LogP contribution in [0.25, 0.3) is 0 Å². The van der Waals surface area contributed by atoms with E-state index in [1.807, 2.05) is 13.8 Å². The molecule has 0 unspecified atom stereocenters. The zero-order valence-corrected chi connectivity index (χ0v) is 12.1. The summed E-state index contributed by atoms with van der Waals surface area (Å²) in [6.45, 7) is 7.48. The van der Waals surface area contributed by atoms with Gasteiger partial charge in [0.1, 0.15) is 6.04 Å². The van der Waals surface area contributed by atoms with Gasteiger partial charge in [-0.1, -0.05) is 20.8 Å². The number of primary amides is 1. The predicted octanol–water partition coefficient (Wildman–Crippen LogP) is 0.592. The fourth-order valence-electron chi connectivity index (χ4n) is 1.70. The first-order valence-corrected chi connectivity index (χ1v) is 6.52. The first-order valence-electron chi connectivity index (χ1n) is 6.52. The molecule has 0 aromatic carbocycles. The fraction of sp³-hybridized carbons (Fsp3) is 0.769. The summed E-state index contributed by atoms with van der Waals surface area (Å²) in [6, 6.07) is -0.851. The Bertz CT molecular complexity index is 329. The van der Waals surface area contributed by atoms with Crippen LogP contribution in [0.2, 0.25) is 0 Å². The lowest BCUT2D eigenvalue weighted by Crippen LogP contribution is -2.49. The Morgan fingerprint density at radius 2 is 1.74 bits per heavy atom. The van der Waals surface area contributed by atoms with Crippen LogP contribution in [0.4, 0.5) is 0 Å². The molecule has 0 spiro atoms. The minimum atomic E-state index is -0.851. The number of hydrogen-bond donors (Lipinski definition) is 2. The Morgan fingerprint density at radius 3 is 2.16 bits per heavy atom. The number of amides is 2. The molecule has 110 valence electrons. The molecule has 0 aliphatic heterocycles. The summed E-state index contributed by atoms with van der Waals surface area (Å²) >= 11 is 0. The Labute approximate surface area is 114 Å². The Kier molecular flexibility index (Phi) is 7.79. The van der Waals surface area contributed by atoms with Gasteiger partial charge < -0.3 is 15.8 Å². The van der Waals surface area contributed by atoms with Crippen molar-refractivity contribution in [1.29, 1.82) is 0 Å². The van der Waals surface area contributed by atoms with E-state index in [1.165, 1.54) is 0 Å². The normalized spacial score (nSPS) is 13.7. The van der Waals surface area contributed by atoms with E-state index in [-0.39, 0.29) is 24.9 Å². The first kappa shape index (κ1) is 17.4. The average Bonchev–Trinajstić information content (AvgIpc) is 2.24. The predicted molar refractivity (Wildman–Crippen MR) is 71.0 cm³/mol. The van der Waals surface area contributed by atoms with Crippen LogP contribution >= 0.6 is 0 Å². The Balaban J connectivity index is 4.51. The van der Waals surface area contributed by atoms with Gasteiger partial charge in [-0.2, -0.15) is 0 Å². The third-order valence-electron chi connectivity index (χ3n) is 2.58. The molecule has 0 aromatic heterocycles. The average molecular weight is 272 g/mol. The quantitative estimate of drug-likeness (QED) is 0.632. The maximum absolute atomic E-state index is 11.6. The van der Waals surface area contributed by atoms with Gasteiger partial charge in [-0.25, -0.2) is 0 Å². The highest BCUT2D eigenvalue weighted by atomic mass is 16.5. The molecule has 0 radical (unpaired) electrons. The second-order valence-corrected chi connectivity index (χ2v) is 5.03. The smallest absolute Gasteiger partial charge is 0.306 e. The van der Waals surface area contributed by atoms with E-state index in [0.717, 1.165) is 0 Å². The summed E-state index contributed by atoms with van der Waals surface area (Å²) in [6.07, 6.45) is 0.360. The molecule has 6 nitrogen and oxygen atoms in total. The highest BCUT2D eigenvalue weighted by Gasteiger charge is 2.27. The number of esters is 1. The molecule has 0 heterocycles. The van der Waals surface area contributed by atoms with Crippen LogP contribution < -0.4 is 11.1 Å². The highest BCUT2D eigenvalue weighted by Crippen LogP contribution is 2.10. The van der Waals surface area contributed by atoms with Crippen LogP contribution in [0.5, 0.6) is 0 Å². The van der Waals surface area contributed by atoms with E-state index in [2.05, 4.69) is 5.32 Å². The molecule has 0 fully saturated rings. The van der Waals surface area contributed by atoms with E-state index in [4.69, 9.17) is 10.5 Å². The molecule has 0 saturated carbocycles. The minimum Gasteiger partial charge on any atom is -0.466 e. The molecule has 0 rings (SSSR count). The SMILES string of the molecule is CCOC(=O)C[C@@H](C)[C@H](NC(=O)CC(C)C)C(N)=O. The standard InChI is InChI=1S/C13H24N2O4/c1-5-19-11(17)7-9(4)12(13(14)18)15-10(16)6-8(2)3/h8-9,12H,5-7H2,1-4H3,(H2,14,18)(H,15,16)/t9-,12+/m1/s1. The maximum Gasteiger partial charge on any atom is 0.306 e. The molecule has 0 saturated heterocycles. The van der Waals surface area contributed by atoms with Crippen LogP contribution in [0, 0.1) is 11.8 Å². The number of nitrogens with one attached hydrogen (secondary N) is 1. The lowest BCUT2D eigenvalue weighted by atomic mass is 9.97. The van der Waals surface area contributed by atoms with Gasteiger partial charge in [-0.3, -0.25) is 14.4 Å². The summed E-state index contributed by atoms with van der Waals surface area (Å²) in [7, 11) is 0. The van der Waals surface area contributed by atoms with Gasteiger partial charge in [0.05, 0.1) is 13.0 Å². The van der Waals surface area contributed by atoms with Crippen LogP contribution in [-0.2, 0) is 19.1 Å². The largest absolute Gasteiger partial charge is 0.466 e. The molecule has 0 aliphatic carbocycles. The van der Waals surface area contributed by atoms with Gasteiger partial charge in [0, 0.05) is 6.42 Å². The maximum atomic E-state index is 11.6. The van der Waals surface area contributed by atoms with Crippen molar-refractivity contribution >= 4 is 17.8 Å². The van der Waals surface area contributed by atoms with Crippen molar-refractivity contribution in [3.8, 4) is 0 Å². The van der Waals surface area contributed by atoms with E-state index in [0.29, 0.717) is 6.42 Å². The van der Waals surface area contributed by atoms with Crippen LogP contribution in [0.3, 0.4) is 0 Å². The fourth-order valence-corrected chi connectivity index (χ4v) is 1.70. The van der Waals surface area contributed by atoms with E-state index in [1.54, 1.807) is 13.8 Å². The van der Waals surface area contributed by atoms with E-state index < -0.39 is 23.8 Å². The van der Waals surface area contributed by atoms with Gasteiger partial charge in [-0.05, 0) is 18.8 Å². The van der Waals surface area contributed by atoms with Crippen molar-refractivity contribution in [2.45, 2.75) is 46.6 Å². The highest BCUT2D eigenvalue weighted by molar-refractivity contribution is 5.87. The van der Waals surface area contributed by atoms with Gasteiger partial charge in [0.2, 0.25) is 11.8 Å². The summed E-state index contributed by atoms with van der Waals surface area (Å²) < 4.78 is 4.81. The third-order valence-corrected chi connectivity index (χ3v) is 2.58. The molecule has 3 N–H and O–H groups in total. The van der Waals surface area contributed by atoms with Crippen molar-refractivity contribution < 1.29 is 19.1 Å². The van der Waals surface area contributed by atoms with Crippen molar-refractivity contribution in [3.05, 3.63) is 0 Å². The van der Waals surface area contributed by atoms with E-state index >= 15 is 0 Å². The number of carbonyl (C=O) groups is 3. The zero-order valence-electron chi connectivity index (χ0n) is 12.1. The molecule has 2 atom stereocenters. The number of ether oxygens (including phenoxy) is 1. The summed E-state index contributed by atoms with van der Waals surface area (Å²) in [5, 5.41) is 2.57. The minimum absolute atomic E-state index is 0.0450. The molecule has 0 aliphatic rings. The van der Waals surface area contributed by atoms with Gasteiger partial charge in [0.15, 0.2) is 0 Å². The molecule has 6 heteroatoms. The second-order valence-electron chi connectivity index (χ2n) is 5.03. The lowest BCUT2D eigenvalue weighted by Gasteiger charge is -2.22. The molecule has 2 amide bonds. The summed E-state index contributed by atoms with van der Waals surface area (Å²) in [4.78, 5) is 34.4. The summed E-state index contributed by atoms with van der Waals surface area (Å²) in [5.74, 6) is -1.50. The molecule has 0 bridgehead atoms. The van der Waals surface area contributed by atoms with Gasteiger partial charge in [-0.15, -0.1) is 0 Å². The van der Waals surface area contributed by atoms with Gasteiger partial charge >= 0.3 is 5.97 Å². The third kappa shape index (κ3) is 7.43. The van der Waals surface area contributed by atoms with E-state index in [9.17, 15) is 14.4 Å². The number of hydrogen-bond acceptors (Lipinski definition) is 4. The molecular weight excluding hydrogens is 248 g/mol. The lowest BCUT2D eigenvalue weighted by molar-refractivity contribution is -0.144. The van der Waals surface area contributed by atoms with Crippen molar-refractivity contribution in [2.24, 2.45) is 17.6 Å². The molecular formula is C13H24N2O4. The van der Waals surface area contributed by atoms with Crippen molar-refractivity contribution in [1.82, 2.24) is 5.32 Å². The molecule has 0 aromatic rings. The second kappa shape index (κ2) is 8.50. The van der Waals surface area contributed by atoms with Crippen molar-refractivity contribution in [3.63, 3.8) is 0 Å². The molecule has 19 heavy (non-hydrogen) atoms. The summed E-state index contributed by atoms with van der Waals surface area (Å²) in [5.41, 5.74) is 5.26. The monoisotopic (exact) mass is 272 g/mol. The number of carbonyl (C=O) groups excluding carboxylic acids is 3. The Hall–Kier alpha value is -1.59. The van der Waals surface area contributed by atoms with Crippen LogP contribution in [-0.4, -0.2) is 30.4 Å². The van der Waals surface area contributed by atoms with Gasteiger partial charge in [0.25, 0.3) is 0 Å². The number of nitrogens with two attached hydrogens (primary N) is 1. The zero-order chi connectivity index (χ0) is 15.0. The number of rotatable bonds is 8. The first-order chi connectivity index (χ1) is 8.77. The topological polar surface area (TPSA) is 98.5 Å². The van der Waals surface area contributed by atoms with Crippen molar-refractivity contribution in [2.75, 3.05) is 6.61 Å². The van der Waals surface area contributed by atoms with Crippen LogP contribution in [0.15, 0.2) is 0 Å². The van der Waals surface area contributed by atoms with Crippen LogP contribution in [0.1, 0.15) is 40.5 Å².